The highest BCUT2D eigenvalue weighted by Gasteiger charge is 2.27. The van der Waals surface area contributed by atoms with Crippen molar-refractivity contribution in [3.05, 3.63) is 106 Å². The van der Waals surface area contributed by atoms with Crippen molar-refractivity contribution in [2.24, 2.45) is 5.92 Å². The van der Waals surface area contributed by atoms with Gasteiger partial charge in [0.1, 0.15) is 12.5 Å². The maximum atomic E-state index is 12.4. The van der Waals surface area contributed by atoms with Crippen molar-refractivity contribution in [1.82, 2.24) is 0 Å². The Morgan fingerprint density at radius 1 is 0.718 bits per heavy atom. The Hall–Kier alpha value is -4.01. The Labute approximate surface area is 228 Å². The van der Waals surface area contributed by atoms with E-state index in [0.29, 0.717) is 19.3 Å². The lowest BCUT2D eigenvalue weighted by Gasteiger charge is -2.20. The lowest BCUT2D eigenvalue weighted by molar-refractivity contribution is -0.156. The fraction of sp³-hybridized carbons (Fsp3) is 0.323. The molecule has 0 saturated carbocycles. The first kappa shape index (κ1) is 29.5. The number of benzene rings is 3. The van der Waals surface area contributed by atoms with Crippen molar-refractivity contribution in [3.63, 3.8) is 0 Å². The van der Waals surface area contributed by atoms with Gasteiger partial charge in [-0.05, 0) is 60.1 Å². The molecule has 2 atom stereocenters. The van der Waals surface area contributed by atoms with Crippen molar-refractivity contribution in [3.8, 4) is 0 Å². The summed E-state index contributed by atoms with van der Waals surface area (Å²) in [5.74, 6) is -2.87. The van der Waals surface area contributed by atoms with Gasteiger partial charge in [0.25, 0.3) is 0 Å². The minimum absolute atomic E-state index is 0.0808. The summed E-state index contributed by atoms with van der Waals surface area (Å²) in [6, 6.07) is 22.1. The van der Waals surface area contributed by atoms with Crippen LogP contribution >= 0.6 is 0 Å². The molecule has 0 heterocycles. The molecule has 8 nitrogen and oxygen atoms in total. The quantitative estimate of drug-likeness (QED) is 0.252. The number of hydrogen-bond donors (Lipinski definition) is 2. The minimum Gasteiger partial charge on any atom is -0.465 e. The number of hydrogen-bond acceptors (Lipinski definition) is 8. The first-order valence-electron chi connectivity index (χ1n) is 12.7. The van der Waals surface area contributed by atoms with Crippen LogP contribution in [0.25, 0.3) is 0 Å². The molecule has 8 heteroatoms. The van der Waals surface area contributed by atoms with Gasteiger partial charge in [-0.3, -0.25) is 4.79 Å². The lowest BCUT2D eigenvalue weighted by atomic mass is 9.95. The normalized spacial score (nSPS) is 12.3. The molecule has 39 heavy (non-hydrogen) atoms. The smallest absolute Gasteiger partial charge is 0.338 e. The average molecular weight is 535 g/mol. The Morgan fingerprint density at radius 2 is 1.31 bits per heavy atom. The minimum atomic E-state index is -1.05. The number of aliphatic hydroxyl groups is 2. The van der Waals surface area contributed by atoms with Gasteiger partial charge >= 0.3 is 17.9 Å². The highest BCUT2D eigenvalue weighted by Crippen LogP contribution is 2.19. The van der Waals surface area contributed by atoms with Crippen molar-refractivity contribution in [1.29, 1.82) is 0 Å². The maximum Gasteiger partial charge on any atom is 0.338 e. The van der Waals surface area contributed by atoms with Crippen LogP contribution in [0.5, 0.6) is 0 Å². The van der Waals surface area contributed by atoms with Gasteiger partial charge in [0.2, 0.25) is 0 Å². The summed E-state index contributed by atoms with van der Waals surface area (Å²) in [6.45, 7) is -0.422. The first-order valence-corrected chi connectivity index (χ1v) is 12.7. The van der Waals surface area contributed by atoms with Crippen LogP contribution in [-0.2, 0) is 44.9 Å². The number of aliphatic hydroxyl groups excluding tert-OH is 2. The van der Waals surface area contributed by atoms with Crippen molar-refractivity contribution in [2.75, 3.05) is 20.8 Å². The van der Waals surface area contributed by atoms with E-state index in [4.69, 9.17) is 14.2 Å². The van der Waals surface area contributed by atoms with E-state index in [2.05, 4.69) is 0 Å². The van der Waals surface area contributed by atoms with Crippen LogP contribution in [0.15, 0.2) is 72.8 Å². The van der Waals surface area contributed by atoms with Crippen LogP contribution in [0.4, 0.5) is 0 Å². The van der Waals surface area contributed by atoms with Gasteiger partial charge in [0, 0.05) is 0 Å². The number of aryl methyl sites for hydroxylation is 3. The molecule has 0 fully saturated rings. The second kappa shape index (κ2) is 14.8. The molecule has 0 radical (unpaired) electrons. The molecule has 0 saturated heterocycles. The van der Waals surface area contributed by atoms with Crippen molar-refractivity contribution in [2.45, 2.75) is 38.4 Å². The van der Waals surface area contributed by atoms with Crippen LogP contribution in [-0.4, -0.2) is 55.1 Å². The second-order valence-corrected chi connectivity index (χ2v) is 9.17. The molecule has 3 aromatic rings. The molecule has 0 spiro atoms. The maximum absolute atomic E-state index is 12.4. The summed E-state index contributed by atoms with van der Waals surface area (Å²) >= 11 is 0. The van der Waals surface area contributed by atoms with Crippen molar-refractivity contribution >= 4 is 17.9 Å². The number of esters is 3. The molecule has 0 aliphatic rings. The number of ether oxygens (including phenoxy) is 3. The molecule has 0 aromatic heterocycles. The molecular weight excluding hydrogens is 500 g/mol. The van der Waals surface area contributed by atoms with E-state index in [1.807, 2.05) is 54.6 Å². The van der Waals surface area contributed by atoms with Crippen LogP contribution in [0, 0.1) is 5.92 Å². The summed E-state index contributed by atoms with van der Waals surface area (Å²) < 4.78 is 14.9. The molecule has 3 rings (SSSR count). The van der Waals surface area contributed by atoms with E-state index in [-0.39, 0.29) is 24.2 Å². The fourth-order valence-corrected chi connectivity index (χ4v) is 4.25. The summed E-state index contributed by atoms with van der Waals surface area (Å²) in [5.41, 5.74) is 4.04. The number of methoxy groups -OCH3 is 2. The van der Waals surface area contributed by atoms with Gasteiger partial charge in [-0.15, -0.1) is 0 Å². The van der Waals surface area contributed by atoms with Gasteiger partial charge in [0.05, 0.1) is 38.1 Å². The van der Waals surface area contributed by atoms with Crippen LogP contribution in [0.1, 0.15) is 49.4 Å². The standard InChI is InChI=1S/C31H34O8/c1-37-29(34)25-15-13-23(18-26(25)30(35)38-2)12-11-21-9-6-10-22(17-21)14-16-28(33)27(19-32)31(36)39-20-24-7-4-3-5-8-24/h3-10,13,15,17-18,27-28,32-33H,11-12,14,16,19-20H2,1-2H3/t27-,28-/m1/s1. The fourth-order valence-electron chi connectivity index (χ4n) is 4.25. The molecule has 0 amide bonds. The predicted molar refractivity (Wildman–Crippen MR) is 144 cm³/mol. The van der Waals surface area contributed by atoms with Crippen molar-refractivity contribution < 1.29 is 38.8 Å². The summed E-state index contributed by atoms with van der Waals surface area (Å²) in [7, 11) is 2.51. The van der Waals surface area contributed by atoms with E-state index < -0.39 is 36.5 Å². The third-order valence-electron chi connectivity index (χ3n) is 6.50. The van der Waals surface area contributed by atoms with Gasteiger partial charge in [-0.1, -0.05) is 60.7 Å². The zero-order valence-electron chi connectivity index (χ0n) is 22.2. The Morgan fingerprint density at radius 3 is 1.95 bits per heavy atom. The van der Waals surface area contributed by atoms with Gasteiger partial charge in [-0.2, -0.15) is 0 Å². The topological polar surface area (TPSA) is 119 Å². The number of carbonyl (C=O) groups excluding carboxylic acids is 3. The lowest BCUT2D eigenvalue weighted by Crippen LogP contribution is -2.33. The highest BCUT2D eigenvalue weighted by molar-refractivity contribution is 6.03. The van der Waals surface area contributed by atoms with Gasteiger partial charge in [-0.25, -0.2) is 9.59 Å². The van der Waals surface area contributed by atoms with Gasteiger partial charge < -0.3 is 24.4 Å². The second-order valence-electron chi connectivity index (χ2n) is 9.17. The Kier molecular flexibility index (Phi) is 11.2. The first-order chi connectivity index (χ1) is 18.9. The monoisotopic (exact) mass is 534 g/mol. The van der Waals surface area contributed by atoms with Gasteiger partial charge in [0.15, 0.2) is 0 Å². The van der Waals surface area contributed by atoms with Crippen LogP contribution < -0.4 is 0 Å². The van der Waals surface area contributed by atoms with E-state index in [9.17, 15) is 24.6 Å². The number of rotatable bonds is 13. The molecule has 2 N–H and O–H groups in total. The van der Waals surface area contributed by atoms with E-state index in [1.165, 1.54) is 14.2 Å². The summed E-state index contributed by atoms with van der Waals surface area (Å²) in [5, 5.41) is 20.3. The zero-order chi connectivity index (χ0) is 28.2. The predicted octanol–water partition coefficient (Wildman–Crippen LogP) is 3.69. The molecule has 0 bridgehead atoms. The van der Waals surface area contributed by atoms with Crippen LogP contribution in [0.2, 0.25) is 0 Å². The Balaban J connectivity index is 1.57. The average Bonchev–Trinajstić information content (AvgIpc) is 2.98. The molecule has 3 aromatic carbocycles. The summed E-state index contributed by atoms with van der Waals surface area (Å²) in [4.78, 5) is 36.6. The van der Waals surface area contributed by atoms with E-state index in [1.54, 1.807) is 18.2 Å². The Bertz CT molecular complexity index is 1250. The molecule has 0 unspecified atom stereocenters. The van der Waals surface area contributed by atoms with Crippen LogP contribution in [0.3, 0.4) is 0 Å². The summed E-state index contributed by atoms with van der Waals surface area (Å²) in [6.07, 6.45) is 1.05. The third kappa shape index (κ3) is 8.49. The third-order valence-corrected chi connectivity index (χ3v) is 6.50. The highest BCUT2D eigenvalue weighted by atomic mass is 16.5. The van der Waals surface area contributed by atoms with E-state index in [0.717, 1.165) is 22.3 Å². The SMILES string of the molecule is COC(=O)c1ccc(CCc2cccc(CC[C@@H](O)[C@@H](CO)C(=O)OCc3ccccc3)c2)cc1C(=O)OC. The molecule has 0 aliphatic heterocycles. The molecule has 206 valence electrons. The molecular formula is C31H34O8. The van der Waals surface area contributed by atoms with E-state index >= 15 is 0 Å². The number of carbonyl (C=O) groups is 3. The molecule has 0 aliphatic carbocycles. The zero-order valence-corrected chi connectivity index (χ0v) is 22.2. The largest absolute Gasteiger partial charge is 0.465 e.